The zero-order chi connectivity index (χ0) is 6.97. The highest BCUT2D eigenvalue weighted by Gasteiger charge is 2.28. The van der Waals surface area contributed by atoms with Crippen molar-refractivity contribution in [2.24, 2.45) is 0 Å². The number of piperazine rings is 1. The van der Waals surface area contributed by atoms with Crippen LogP contribution in [-0.2, 0) is 0 Å². The molecule has 2 radical (unpaired) electrons. The lowest BCUT2D eigenvalue weighted by molar-refractivity contribution is 0.161. The lowest BCUT2D eigenvalue weighted by Gasteiger charge is -2.35. The molecule has 0 aromatic carbocycles. The van der Waals surface area contributed by atoms with E-state index < -0.39 is 0 Å². The highest BCUT2D eigenvalue weighted by atomic mass is 15.3. The summed E-state index contributed by atoms with van der Waals surface area (Å²) >= 11 is 0. The molecule has 2 heterocycles. The van der Waals surface area contributed by atoms with Gasteiger partial charge in [-0.25, -0.2) is 0 Å². The highest BCUT2D eigenvalue weighted by molar-refractivity contribution is 6.04. The summed E-state index contributed by atoms with van der Waals surface area (Å²) in [5.74, 6) is 0. The zero-order valence-corrected chi connectivity index (χ0v) is 6.29. The first-order valence-electron chi connectivity index (χ1n) is 4.10. The van der Waals surface area contributed by atoms with Crippen LogP contribution < -0.4 is 0 Å². The predicted molar refractivity (Wildman–Crippen MR) is 41.9 cm³/mol. The van der Waals surface area contributed by atoms with Crippen LogP contribution in [0.4, 0.5) is 0 Å². The van der Waals surface area contributed by atoms with Crippen molar-refractivity contribution in [1.82, 2.24) is 9.71 Å². The molecule has 2 fully saturated rings. The van der Waals surface area contributed by atoms with E-state index in [1.54, 1.807) is 0 Å². The van der Waals surface area contributed by atoms with Gasteiger partial charge in [0.1, 0.15) is 0 Å². The Kier molecular flexibility index (Phi) is 1.70. The Morgan fingerprint density at radius 3 is 3.00 bits per heavy atom. The van der Waals surface area contributed by atoms with Gasteiger partial charge in [-0.15, -0.1) is 0 Å². The molecular formula is C7H13BN2. The molecule has 0 aromatic rings. The van der Waals surface area contributed by atoms with E-state index in [2.05, 4.69) is 4.90 Å². The van der Waals surface area contributed by atoms with Crippen LogP contribution >= 0.6 is 0 Å². The van der Waals surface area contributed by atoms with E-state index in [0.29, 0.717) is 0 Å². The van der Waals surface area contributed by atoms with Gasteiger partial charge in [-0.05, 0) is 25.9 Å². The molecule has 2 nitrogen and oxygen atoms in total. The van der Waals surface area contributed by atoms with Gasteiger partial charge >= 0.3 is 0 Å². The molecule has 2 aliphatic heterocycles. The quantitative estimate of drug-likeness (QED) is 0.427. The largest absolute Gasteiger partial charge is 0.351 e. The minimum atomic E-state index is 0.777. The van der Waals surface area contributed by atoms with Crippen LogP contribution in [0, 0.1) is 0 Å². The molecule has 2 aliphatic rings. The lowest BCUT2D eigenvalue weighted by atomic mass is 10.1. The monoisotopic (exact) mass is 136 g/mol. The normalized spacial score (nSPS) is 36.2. The number of fused-ring (bicyclic) bond motifs is 1. The average molecular weight is 136 g/mol. The van der Waals surface area contributed by atoms with Gasteiger partial charge in [-0.2, -0.15) is 0 Å². The van der Waals surface area contributed by atoms with Gasteiger partial charge in [0, 0.05) is 19.1 Å². The third-order valence-electron chi connectivity index (χ3n) is 2.62. The Bertz CT molecular complexity index is 129. The molecule has 2 rings (SSSR count). The van der Waals surface area contributed by atoms with E-state index in [0.717, 1.165) is 19.1 Å². The summed E-state index contributed by atoms with van der Waals surface area (Å²) in [6.45, 7) is 4.62. The minimum absolute atomic E-state index is 0.777. The molecule has 1 atom stereocenters. The fraction of sp³-hybridized carbons (Fsp3) is 1.00. The van der Waals surface area contributed by atoms with E-state index in [1.165, 1.54) is 25.9 Å². The third kappa shape index (κ3) is 1.08. The van der Waals surface area contributed by atoms with Crippen LogP contribution in [0.25, 0.3) is 0 Å². The van der Waals surface area contributed by atoms with Crippen LogP contribution in [0.3, 0.4) is 0 Å². The van der Waals surface area contributed by atoms with Crippen LogP contribution in [0.2, 0.25) is 0 Å². The molecule has 2 saturated heterocycles. The Labute approximate surface area is 63.6 Å². The predicted octanol–water partition coefficient (Wildman–Crippen LogP) is -0.150. The summed E-state index contributed by atoms with van der Waals surface area (Å²) in [5, 5.41) is 0. The van der Waals surface area contributed by atoms with Gasteiger partial charge in [0.25, 0.3) is 0 Å². The van der Waals surface area contributed by atoms with Crippen molar-refractivity contribution in [3.05, 3.63) is 0 Å². The molecule has 0 spiro atoms. The molecule has 0 N–H and O–H groups in total. The molecule has 3 heteroatoms. The van der Waals surface area contributed by atoms with Crippen molar-refractivity contribution in [2.45, 2.75) is 18.9 Å². The smallest absolute Gasteiger partial charge is 0.182 e. The molecular weight excluding hydrogens is 123 g/mol. The van der Waals surface area contributed by atoms with E-state index in [4.69, 9.17) is 7.98 Å². The maximum atomic E-state index is 5.70. The van der Waals surface area contributed by atoms with Gasteiger partial charge in [-0.1, -0.05) is 0 Å². The van der Waals surface area contributed by atoms with Crippen molar-refractivity contribution >= 4 is 7.98 Å². The summed E-state index contributed by atoms with van der Waals surface area (Å²) in [5.41, 5.74) is 0. The second kappa shape index (κ2) is 2.55. The van der Waals surface area contributed by atoms with Crippen molar-refractivity contribution in [1.29, 1.82) is 0 Å². The number of hydrogen-bond donors (Lipinski definition) is 0. The van der Waals surface area contributed by atoms with E-state index in [1.807, 2.05) is 4.81 Å². The molecule has 0 aliphatic carbocycles. The second-order valence-corrected chi connectivity index (χ2v) is 3.33. The first kappa shape index (κ1) is 6.68. The van der Waals surface area contributed by atoms with Gasteiger partial charge in [0.2, 0.25) is 0 Å². The Morgan fingerprint density at radius 1 is 1.20 bits per heavy atom. The summed E-state index contributed by atoms with van der Waals surface area (Å²) in [4.78, 5) is 4.51. The van der Waals surface area contributed by atoms with Crippen LogP contribution in [-0.4, -0.2) is 49.9 Å². The number of hydrogen-bond acceptors (Lipinski definition) is 2. The number of nitrogens with zero attached hydrogens (tertiary/aromatic N) is 2. The van der Waals surface area contributed by atoms with Crippen molar-refractivity contribution < 1.29 is 0 Å². The molecule has 10 heavy (non-hydrogen) atoms. The second-order valence-electron chi connectivity index (χ2n) is 3.33. The fourth-order valence-corrected chi connectivity index (χ4v) is 2.02. The lowest BCUT2D eigenvalue weighted by Crippen LogP contribution is -2.48. The first-order valence-corrected chi connectivity index (χ1v) is 4.10. The molecule has 0 bridgehead atoms. The molecule has 0 saturated carbocycles. The van der Waals surface area contributed by atoms with Crippen LogP contribution in [0.5, 0.6) is 0 Å². The first-order chi connectivity index (χ1) is 4.86. The van der Waals surface area contributed by atoms with Gasteiger partial charge < -0.3 is 4.81 Å². The Balaban J connectivity index is 1.96. The van der Waals surface area contributed by atoms with Crippen LogP contribution in [0.15, 0.2) is 0 Å². The summed E-state index contributed by atoms with van der Waals surface area (Å²) in [6, 6.07) is 0.777. The number of rotatable bonds is 0. The third-order valence-corrected chi connectivity index (χ3v) is 2.62. The summed E-state index contributed by atoms with van der Waals surface area (Å²) in [7, 11) is 5.70. The molecule has 0 aromatic heterocycles. The van der Waals surface area contributed by atoms with Crippen molar-refractivity contribution in [3.8, 4) is 0 Å². The summed E-state index contributed by atoms with van der Waals surface area (Å²) < 4.78 is 0. The molecule has 54 valence electrons. The SMILES string of the molecule is [B]N1CCN2CCC[C@H]2C1. The maximum absolute atomic E-state index is 5.70. The molecule has 0 unspecified atom stereocenters. The van der Waals surface area contributed by atoms with Crippen LogP contribution in [0.1, 0.15) is 12.8 Å². The highest BCUT2D eigenvalue weighted by Crippen LogP contribution is 2.19. The zero-order valence-electron chi connectivity index (χ0n) is 6.29. The minimum Gasteiger partial charge on any atom is -0.351 e. The van der Waals surface area contributed by atoms with E-state index >= 15 is 0 Å². The maximum Gasteiger partial charge on any atom is 0.182 e. The molecule has 0 amide bonds. The Morgan fingerprint density at radius 2 is 2.10 bits per heavy atom. The summed E-state index contributed by atoms with van der Waals surface area (Å²) in [6.07, 6.45) is 2.73. The Hall–Kier alpha value is -0.0151. The standard InChI is InChI=1S/C7H13BN2/c8-10-5-4-9-3-1-2-7(9)6-10/h7H,1-6H2/t7-/m0/s1. The van der Waals surface area contributed by atoms with Crippen molar-refractivity contribution in [3.63, 3.8) is 0 Å². The van der Waals surface area contributed by atoms with Gasteiger partial charge in [-0.3, -0.25) is 4.90 Å². The van der Waals surface area contributed by atoms with Crippen molar-refractivity contribution in [2.75, 3.05) is 26.2 Å². The van der Waals surface area contributed by atoms with E-state index in [-0.39, 0.29) is 0 Å². The fourth-order valence-electron chi connectivity index (χ4n) is 2.02. The van der Waals surface area contributed by atoms with Gasteiger partial charge in [0.15, 0.2) is 7.98 Å². The van der Waals surface area contributed by atoms with E-state index in [9.17, 15) is 0 Å². The average Bonchev–Trinajstić information content (AvgIpc) is 2.33. The van der Waals surface area contributed by atoms with Gasteiger partial charge in [0.05, 0.1) is 0 Å². The topological polar surface area (TPSA) is 6.48 Å².